The Balaban J connectivity index is 1.91. The maximum absolute atomic E-state index is 5.73. The molecule has 0 aliphatic rings. The van der Waals surface area contributed by atoms with Crippen LogP contribution in [0.4, 0.5) is 0 Å². The minimum Gasteiger partial charge on any atom is -0.361 e. The molecule has 17 heavy (non-hydrogen) atoms. The zero-order valence-corrected chi connectivity index (χ0v) is 11.8. The topological polar surface area (TPSA) is 27.1 Å². The lowest BCUT2D eigenvalue weighted by atomic mass is 10.3. The van der Waals surface area contributed by atoms with E-state index in [-0.39, 0.29) is 0 Å². The van der Waals surface area contributed by atoms with E-state index in [2.05, 4.69) is 41.5 Å². The van der Waals surface area contributed by atoms with Crippen molar-refractivity contribution >= 4 is 19.0 Å². The largest absolute Gasteiger partial charge is 0.361 e. The molecule has 0 fully saturated rings. The Hall–Kier alpha value is -1.13. The Morgan fingerprint density at radius 3 is 2.88 bits per heavy atom. The average Bonchev–Trinajstić information content (AvgIpc) is 2.67. The number of pyridine rings is 1. The molecule has 2 aromatic rings. The number of ether oxygens (including phenoxy) is 1. The second-order valence-electron chi connectivity index (χ2n) is 5.57. The molecule has 0 saturated carbocycles. The Kier molecular flexibility index (Phi) is 3.64. The second-order valence-corrected chi connectivity index (χ2v) is 11.2. The van der Waals surface area contributed by atoms with Crippen molar-refractivity contribution < 1.29 is 4.74 Å². The molecule has 0 atom stereocenters. The normalized spacial score (nSPS) is 12.2. The van der Waals surface area contributed by atoms with E-state index in [1.54, 1.807) is 0 Å². The molecule has 0 aliphatic heterocycles. The van der Waals surface area contributed by atoms with E-state index in [4.69, 9.17) is 4.74 Å². The fourth-order valence-electron chi connectivity index (χ4n) is 1.68. The molecule has 0 bridgehead atoms. The maximum Gasteiger partial charge on any atom is 0.122 e. The van der Waals surface area contributed by atoms with Crippen molar-refractivity contribution in [3.05, 3.63) is 30.7 Å². The third kappa shape index (κ3) is 3.41. The van der Waals surface area contributed by atoms with Crippen LogP contribution in [0.5, 0.6) is 0 Å². The van der Waals surface area contributed by atoms with Gasteiger partial charge in [0.05, 0.1) is 11.7 Å². The first-order valence-corrected chi connectivity index (χ1v) is 9.74. The van der Waals surface area contributed by atoms with Gasteiger partial charge in [0.1, 0.15) is 6.73 Å². The van der Waals surface area contributed by atoms with Crippen molar-refractivity contribution in [2.24, 2.45) is 0 Å². The van der Waals surface area contributed by atoms with Gasteiger partial charge in [-0.05, 0) is 18.2 Å². The highest BCUT2D eigenvalue weighted by Crippen LogP contribution is 2.14. The SMILES string of the molecule is C[Si](C)(C)CCOCn1ccc2ccncc21. The molecule has 92 valence electrons. The van der Waals surface area contributed by atoms with Crippen molar-refractivity contribution in [1.29, 1.82) is 0 Å². The lowest BCUT2D eigenvalue weighted by molar-refractivity contribution is 0.0902. The molecule has 0 aliphatic carbocycles. The zero-order valence-electron chi connectivity index (χ0n) is 10.8. The van der Waals surface area contributed by atoms with E-state index in [0.717, 1.165) is 12.1 Å². The van der Waals surface area contributed by atoms with Crippen molar-refractivity contribution in [2.45, 2.75) is 32.4 Å². The van der Waals surface area contributed by atoms with Gasteiger partial charge in [-0.1, -0.05) is 19.6 Å². The van der Waals surface area contributed by atoms with Crippen LogP contribution < -0.4 is 0 Å². The third-order valence-electron chi connectivity index (χ3n) is 2.80. The van der Waals surface area contributed by atoms with E-state index in [0.29, 0.717) is 6.73 Å². The first kappa shape index (κ1) is 12.3. The van der Waals surface area contributed by atoms with Crippen molar-refractivity contribution in [2.75, 3.05) is 6.61 Å². The molecule has 0 amide bonds. The van der Waals surface area contributed by atoms with Gasteiger partial charge in [0.2, 0.25) is 0 Å². The van der Waals surface area contributed by atoms with Crippen LogP contribution in [0, 0.1) is 0 Å². The molecule has 0 unspecified atom stereocenters. The Morgan fingerprint density at radius 2 is 2.12 bits per heavy atom. The van der Waals surface area contributed by atoms with Crippen LogP contribution in [-0.4, -0.2) is 24.2 Å². The number of fused-ring (bicyclic) bond motifs is 1. The van der Waals surface area contributed by atoms with Crippen molar-refractivity contribution in [3.8, 4) is 0 Å². The van der Waals surface area contributed by atoms with E-state index >= 15 is 0 Å². The predicted molar refractivity (Wildman–Crippen MR) is 73.8 cm³/mol. The predicted octanol–water partition coefficient (Wildman–Crippen LogP) is 3.35. The third-order valence-corrected chi connectivity index (χ3v) is 4.51. The summed E-state index contributed by atoms with van der Waals surface area (Å²) in [6.07, 6.45) is 5.76. The van der Waals surface area contributed by atoms with Gasteiger partial charge in [-0.15, -0.1) is 0 Å². The number of nitrogens with zero attached hydrogens (tertiary/aromatic N) is 2. The first-order valence-electron chi connectivity index (χ1n) is 6.03. The highest BCUT2D eigenvalue weighted by atomic mass is 28.3. The lowest BCUT2D eigenvalue weighted by Crippen LogP contribution is -2.21. The number of rotatable bonds is 5. The molecular formula is C13H20N2OSi. The van der Waals surface area contributed by atoms with Gasteiger partial charge in [0.15, 0.2) is 0 Å². The molecule has 2 heterocycles. The molecule has 0 saturated heterocycles. The second kappa shape index (κ2) is 5.02. The van der Waals surface area contributed by atoms with Gasteiger partial charge >= 0.3 is 0 Å². The highest BCUT2D eigenvalue weighted by Gasteiger charge is 2.12. The van der Waals surface area contributed by atoms with Crippen LogP contribution in [0.25, 0.3) is 10.9 Å². The summed E-state index contributed by atoms with van der Waals surface area (Å²) < 4.78 is 7.84. The lowest BCUT2D eigenvalue weighted by Gasteiger charge is -2.15. The van der Waals surface area contributed by atoms with Crippen LogP contribution in [0.1, 0.15) is 0 Å². The van der Waals surface area contributed by atoms with Crippen molar-refractivity contribution in [1.82, 2.24) is 9.55 Å². The summed E-state index contributed by atoms with van der Waals surface area (Å²) in [7, 11) is -0.980. The van der Waals surface area contributed by atoms with Gasteiger partial charge in [-0.2, -0.15) is 0 Å². The van der Waals surface area contributed by atoms with E-state index in [9.17, 15) is 0 Å². The molecule has 4 heteroatoms. The van der Waals surface area contributed by atoms with E-state index < -0.39 is 8.07 Å². The molecule has 0 aromatic carbocycles. The molecular weight excluding hydrogens is 228 g/mol. The van der Waals surface area contributed by atoms with Gasteiger partial charge in [0, 0.05) is 32.5 Å². The highest BCUT2D eigenvalue weighted by molar-refractivity contribution is 6.76. The molecule has 2 aromatic heterocycles. The van der Waals surface area contributed by atoms with Crippen LogP contribution in [0.2, 0.25) is 25.7 Å². The molecule has 2 rings (SSSR count). The summed E-state index contributed by atoms with van der Waals surface area (Å²) in [4.78, 5) is 4.14. The van der Waals surface area contributed by atoms with Crippen LogP contribution in [0.15, 0.2) is 30.7 Å². The Morgan fingerprint density at radius 1 is 1.29 bits per heavy atom. The molecule has 3 nitrogen and oxygen atoms in total. The monoisotopic (exact) mass is 248 g/mol. The Bertz CT molecular complexity index is 487. The average molecular weight is 248 g/mol. The minimum atomic E-state index is -0.980. The minimum absolute atomic E-state index is 0.625. The van der Waals surface area contributed by atoms with Gasteiger partial charge in [0.25, 0.3) is 0 Å². The van der Waals surface area contributed by atoms with Crippen LogP contribution >= 0.6 is 0 Å². The van der Waals surface area contributed by atoms with Crippen LogP contribution in [-0.2, 0) is 11.5 Å². The summed E-state index contributed by atoms with van der Waals surface area (Å²) in [5.74, 6) is 0. The number of hydrogen-bond acceptors (Lipinski definition) is 2. The fraction of sp³-hybridized carbons (Fsp3) is 0.462. The summed E-state index contributed by atoms with van der Waals surface area (Å²) in [5.41, 5.74) is 1.14. The Labute approximate surface area is 103 Å². The molecule has 0 spiro atoms. The van der Waals surface area contributed by atoms with Gasteiger partial charge in [-0.3, -0.25) is 4.98 Å². The number of aromatic nitrogens is 2. The fourth-order valence-corrected chi connectivity index (χ4v) is 2.44. The first-order chi connectivity index (χ1) is 8.06. The van der Waals surface area contributed by atoms with E-state index in [1.807, 2.05) is 18.5 Å². The smallest absolute Gasteiger partial charge is 0.122 e. The maximum atomic E-state index is 5.73. The summed E-state index contributed by atoms with van der Waals surface area (Å²) in [6, 6.07) is 5.33. The summed E-state index contributed by atoms with van der Waals surface area (Å²) in [5, 5.41) is 1.22. The summed E-state index contributed by atoms with van der Waals surface area (Å²) in [6.45, 7) is 8.58. The number of hydrogen-bond donors (Lipinski definition) is 0. The van der Waals surface area contributed by atoms with Gasteiger partial charge < -0.3 is 9.30 Å². The van der Waals surface area contributed by atoms with Crippen molar-refractivity contribution in [3.63, 3.8) is 0 Å². The molecule has 0 radical (unpaired) electrons. The van der Waals surface area contributed by atoms with E-state index in [1.165, 1.54) is 11.4 Å². The summed E-state index contributed by atoms with van der Waals surface area (Å²) >= 11 is 0. The molecule has 0 N–H and O–H groups in total. The standard InChI is InChI=1S/C13H20N2OSi/c1-17(2,3)9-8-16-11-15-7-5-12-4-6-14-10-13(12)15/h4-7,10H,8-9,11H2,1-3H3. The zero-order chi connectivity index (χ0) is 12.3. The van der Waals surface area contributed by atoms with Crippen LogP contribution in [0.3, 0.4) is 0 Å². The quantitative estimate of drug-likeness (QED) is 0.599. The van der Waals surface area contributed by atoms with Gasteiger partial charge in [-0.25, -0.2) is 0 Å².